The van der Waals surface area contributed by atoms with Crippen LogP contribution in [0.15, 0.2) is 24.3 Å². The summed E-state index contributed by atoms with van der Waals surface area (Å²) in [5.41, 5.74) is 6.88. The van der Waals surface area contributed by atoms with Gasteiger partial charge in [-0.2, -0.15) is 0 Å². The average molecular weight is 431 g/mol. The summed E-state index contributed by atoms with van der Waals surface area (Å²) < 4.78 is 0. The predicted molar refractivity (Wildman–Crippen MR) is 118 cm³/mol. The molecule has 0 radical (unpaired) electrons. The average Bonchev–Trinajstić information content (AvgIpc) is 2.92. The fourth-order valence-electron chi connectivity index (χ4n) is 3.82. The lowest BCUT2D eigenvalue weighted by Gasteiger charge is -2.22. The van der Waals surface area contributed by atoms with Crippen LogP contribution in [-0.2, 0) is 9.59 Å². The number of anilines is 2. The molecule has 1 aromatic rings. The quantitative estimate of drug-likeness (QED) is 0.666. The van der Waals surface area contributed by atoms with E-state index in [4.69, 9.17) is 5.73 Å². The van der Waals surface area contributed by atoms with E-state index in [0.717, 1.165) is 44.5 Å². The van der Waals surface area contributed by atoms with Crippen molar-refractivity contribution < 1.29 is 9.59 Å². The number of amides is 2. The van der Waals surface area contributed by atoms with E-state index in [1.54, 1.807) is 12.1 Å². The van der Waals surface area contributed by atoms with Crippen LogP contribution >= 0.6 is 24.8 Å². The van der Waals surface area contributed by atoms with Crippen molar-refractivity contribution in [3.63, 3.8) is 0 Å². The van der Waals surface area contributed by atoms with Gasteiger partial charge in [-0.25, -0.2) is 0 Å². The van der Waals surface area contributed by atoms with Gasteiger partial charge in [0, 0.05) is 11.4 Å². The zero-order chi connectivity index (χ0) is 18.4. The van der Waals surface area contributed by atoms with Gasteiger partial charge in [0.15, 0.2) is 0 Å². The molecule has 0 atom stereocenters. The second-order valence-corrected chi connectivity index (χ2v) is 7.63. The highest BCUT2D eigenvalue weighted by molar-refractivity contribution is 5.98. The number of halogens is 2. The first kappa shape index (κ1) is 24.7. The van der Waals surface area contributed by atoms with E-state index in [1.807, 2.05) is 12.1 Å². The number of benzene rings is 1. The Morgan fingerprint density at radius 1 is 0.857 bits per heavy atom. The van der Waals surface area contributed by atoms with E-state index < -0.39 is 5.54 Å². The number of hydrogen-bond acceptors (Lipinski definition) is 4. The summed E-state index contributed by atoms with van der Waals surface area (Å²) in [6.07, 6.45) is 8.35. The lowest BCUT2D eigenvalue weighted by atomic mass is 9.98. The van der Waals surface area contributed by atoms with Crippen molar-refractivity contribution in [3.8, 4) is 0 Å². The molecule has 2 amide bonds. The Bertz CT molecular complexity index is 626. The molecule has 6 nitrogen and oxygen atoms in total. The molecule has 158 valence electrons. The minimum atomic E-state index is -0.736. The summed E-state index contributed by atoms with van der Waals surface area (Å²) in [4.78, 5) is 26.8. The van der Waals surface area contributed by atoms with Gasteiger partial charge in [-0.3, -0.25) is 14.5 Å². The van der Waals surface area contributed by atoms with E-state index in [9.17, 15) is 9.59 Å². The zero-order valence-electron chi connectivity index (χ0n) is 16.2. The largest absolute Gasteiger partial charge is 0.325 e. The van der Waals surface area contributed by atoms with Crippen LogP contribution in [0.1, 0.15) is 51.4 Å². The molecule has 0 aromatic heterocycles. The van der Waals surface area contributed by atoms with Crippen LogP contribution in [0, 0.1) is 0 Å². The standard InChI is InChI=1S/C20H30N4O2.2ClH/c21-20(11-3-4-12-20)19(26)23-17-9-7-16(8-10-17)22-18(25)15-24-13-5-1-2-6-14-24;;/h7-10H,1-6,11-15,21H2,(H,22,25)(H,23,26);2*1H. The van der Waals surface area contributed by atoms with Crippen molar-refractivity contribution in [1.82, 2.24) is 4.90 Å². The lowest BCUT2D eigenvalue weighted by molar-refractivity contribution is -0.121. The van der Waals surface area contributed by atoms with Crippen molar-refractivity contribution in [2.45, 2.75) is 56.9 Å². The SMILES string of the molecule is Cl.Cl.NC1(C(=O)Nc2ccc(NC(=O)CN3CCCCCC3)cc2)CCCC1. The molecule has 28 heavy (non-hydrogen) atoms. The highest BCUT2D eigenvalue weighted by Crippen LogP contribution is 2.28. The monoisotopic (exact) mass is 430 g/mol. The predicted octanol–water partition coefficient (Wildman–Crippen LogP) is 3.55. The first-order valence-electron chi connectivity index (χ1n) is 9.78. The Morgan fingerprint density at radius 3 is 1.89 bits per heavy atom. The maximum absolute atomic E-state index is 12.3. The molecule has 2 aliphatic rings. The molecule has 2 fully saturated rings. The molecule has 4 N–H and O–H groups in total. The van der Waals surface area contributed by atoms with Crippen LogP contribution < -0.4 is 16.4 Å². The van der Waals surface area contributed by atoms with Crippen LogP contribution in [0.25, 0.3) is 0 Å². The van der Waals surface area contributed by atoms with Crippen molar-refractivity contribution in [1.29, 1.82) is 0 Å². The third kappa shape index (κ3) is 6.92. The third-order valence-electron chi connectivity index (χ3n) is 5.44. The van der Waals surface area contributed by atoms with Gasteiger partial charge >= 0.3 is 0 Å². The summed E-state index contributed by atoms with van der Waals surface area (Å²) in [7, 11) is 0. The molecular formula is C20H32Cl2N4O2. The fourth-order valence-corrected chi connectivity index (χ4v) is 3.82. The van der Waals surface area contributed by atoms with Gasteiger partial charge in [-0.15, -0.1) is 24.8 Å². The van der Waals surface area contributed by atoms with E-state index in [-0.39, 0.29) is 36.6 Å². The van der Waals surface area contributed by atoms with Gasteiger partial charge in [0.2, 0.25) is 11.8 Å². The molecule has 1 aliphatic carbocycles. The molecular weight excluding hydrogens is 399 g/mol. The molecule has 8 heteroatoms. The van der Waals surface area contributed by atoms with Gasteiger partial charge in [0.05, 0.1) is 12.1 Å². The zero-order valence-corrected chi connectivity index (χ0v) is 17.9. The van der Waals surface area contributed by atoms with Crippen LogP contribution in [0.2, 0.25) is 0 Å². The van der Waals surface area contributed by atoms with Crippen LogP contribution in [-0.4, -0.2) is 41.9 Å². The number of nitrogens with two attached hydrogens (primary N) is 1. The third-order valence-corrected chi connectivity index (χ3v) is 5.44. The van der Waals surface area contributed by atoms with Crippen molar-refractivity contribution in [3.05, 3.63) is 24.3 Å². The molecule has 1 aliphatic heterocycles. The molecule has 1 saturated heterocycles. The molecule has 0 unspecified atom stereocenters. The highest BCUT2D eigenvalue weighted by atomic mass is 35.5. The Labute approximate surface area is 179 Å². The summed E-state index contributed by atoms with van der Waals surface area (Å²) in [5, 5.41) is 5.83. The molecule has 3 rings (SSSR count). The number of nitrogens with zero attached hydrogens (tertiary/aromatic N) is 1. The van der Waals surface area contributed by atoms with Crippen molar-refractivity contribution in [2.75, 3.05) is 30.3 Å². The van der Waals surface area contributed by atoms with Gasteiger partial charge in [-0.1, -0.05) is 25.7 Å². The summed E-state index contributed by atoms with van der Waals surface area (Å²) in [5.74, 6) is -0.108. The first-order chi connectivity index (χ1) is 12.5. The van der Waals surface area contributed by atoms with Crippen molar-refractivity contribution >= 4 is 48.0 Å². The Balaban J connectivity index is 0.00000196. The Hall–Kier alpha value is -1.34. The Morgan fingerprint density at radius 2 is 1.36 bits per heavy atom. The highest BCUT2D eigenvalue weighted by Gasteiger charge is 2.36. The topological polar surface area (TPSA) is 87.5 Å². The number of likely N-dealkylation sites (tertiary alicyclic amines) is 1. The molecule has 1 heterocycles. The molecule has 1 saturated carbocycles. The van der Waals surface area contributed by atoms with E-state index >= 15 is 0 Å². The molecule has 1 aromatic carbocycles. The number of hydrogen-bond donors (Lipinski definition) is 3. The maximum Gasteiger partial charge on any atom is 0.244 e. The van der Waals surface area contributed by atoms with Gasteiger partial charge in [0.25, 0.3) is 0 Å². The number of rotatable bonds is 5. The number of carbonyl (C=O) groups is 2. The second kappa shape index (κ2) is 11.6. The maximum atomic E-state index is 12.3. The minimum Gasteiger partial charge on any atom is -0.325 e. The van der Waals surface area contributed by atoms with Crippen molar-refractivity contribution in [2.24, 2.45) is 5.73 Å². The van der Waals surface area contributed by atoms with Crippen LogP contribution in [0.4, 0.5) is 11.4 Å². The van der Waals surface area contributed by atoms with E-state index in [0.29, 0.717) is 12.2 Å². The summed E-state index contributed by atoms with van der Waals surface area (Å²) >= 11 is 0. The Kier molecular flexibility index (Phi) is 10.2. The minimum absolute atomic E-state index is 0. The van der Waals surface area contributed by atoms with Crippen LogP contribution in [0.3, 0.4) is 0 Å². The fraction of sp³-hybridized carbons (Fsp3) is 0.600. The lowest BCUT2D eigenvalue weighted by Crippen LogP contribution is -2.48. The van der Waals surface area contributed by atoms with E-state index in [1.165, 1.54) is 25.7 Å². The normalized spacial score (nSPS) is 18.9. The number of carbonyl (C=O) groups excluding carboxylic acids is 2. The molecule has 0 bridgehead atoms. The summed E-state index contributed by atoms with van der Waals surface area (Å²) in [6, 6.07) is 7.23. The van der Waals surface area contributed by atoms with Gasteiger partial charge < -0.3 is 16.4 Å². The first-order valence-corrected chi connectivity index (χ1v) is 9.78. The van der Waals surface area contributed by atoms with Crippen LogP contribution in [0.5, 0.6) is 0 Å². The van der Waals surface area contributed by atoms with Gasteiger partial charge in [-0.05, 0) is 63.0 Å². The van der Waals surface area contributed by atoms with E-state index in [2.05, 4.69) is 15.5 Å². The second-order valence-electron chi connectivity index (χ2n) is 7.63. The summed E-state index contributed by atoms with van der Waals surface area (Å²) in [6.45, 7) is 2.44. The number of nitrogens with one attached hydrogen (secondary N) is 2. The van der Waals surface area contributed by atoms with Gasteiger partial charge in [0.1, 0.15) is 0 Å². The smallest absolute Gasteiger partial charge is 0.244 e. The molecule has 0 spiro atoms.